The van der Waals surface area contributed by atoms with E-state index < -0.39 is 0 Å². The van der Waals surface area contributed by atoms with E-state index in [0.29, 0.717) is 23.5 Å². The number of hydrogen-bond donors (Lipinski definition) is 2. The van der Waals surface area contributed by atoms with Crippen molar-refractivity contribution < 1.29 is 4.39 Å². The quantitative estimate of drug-likeness (QED) is 0.332. The van der Waals surface area contributed by atoms with E-state index >= 15 is 0 Å². The first-order chi connectivity index (χ1) is 19.5. The summed E-state index contributed by atoms with van der Waals surface area (Å²) in [7, 11) is 0. The number of anilines is 3. The van der Waals surface area contributed by atoms with Crippen LogP contribution in [0.3, 0.4) is 0 Å². The van der Waals surface area contributed by atoms with Crippen LogP contribution in [0.25, 0.3) is 0 Å². The van der Waals surface area contributed by atoms with Gasteiger partial charge in [0.05, 0.1) is 0 Å². The zero-order valence-electron chi connectivity index (χ0n) is 23.3. The zero-order valence-corrected chi connectivity index (χ0v) is 24.2. The average molecular weight is 559 g/mol. The number of rotatable bonds is 6. The number of aromatic nitrogens is 2. The van der Waals surface area contributed by atoms with Crippen molar-refractivity contribution in [3.8, 4) is 0 Å². The Morgan fingerprint density at radius 3 is 2.30 bits per heavy atom. The molecule has 0 radical (unpaired) electrons. The third-order valence-electron chi connectivity index (χ3n) is 8.92. The van der Waals surface area contributed by atoms with Gasteiger partial charge in [-0.2, -0.15) is 9.97 Å². The maximum atomic E-state index is 13.7. The van der Waals surface area contributed by atoms with Crippen molar-refractivity contribution in [2.45, 2.75) is 70.4 Å². The first-order valence-corrected chi connectivity index (χ1v) is 15.1. The lowest BCUT2D eigenvalue weighted by Gasteiger charge is -2.38. The molecule has 1 unspecified atom stereocenters. The van der Waals surface area contributed by atoms with Crippen molar-refractivity contribution in [1.82, 2.24) is 15.3 Å². The fourth-order valence-electron chi connectivity index (χ4n) is 6.69. The van der Waals surface area contributed by atoms with Gasteiger partial charge < -0.3 is 20.4 Å². The summed E-state index contributed by atoms with van der Waals surface area (Å²) in [5.41, 5.74) is 3.81. The number of thiocarbonyl (C=S) groups is 1. The van der Waals surface area contributed by atoms with Gasteiger partial charge in [-0.15, -0.1) is 0 Å². The highest BCUT2D eigenvalue weighted by molar-refractivity contribution is 7.80. The summed E-state index contributed by atoms with van der Waals surface area (Å²) in [6.45, 7) is 6.69. The molecule has 3 aromatic rings. The van der Waals surface area contributed by atoms with E-state index in [4.69, 9.17) is 22.2 Å². The van der Waals surface area contributed by atoms with Crippen LogP contribution in [0.15, 0.2) is 54.6 Å². The first kappa shape index (κ1) is 26.9. The molecule has 6 rings (SSSR count). The number of benzene rings is 2. The van der Waals surface area contributed by atoms with Crippen LogP contribution in [0.4, 0.5) is 22.0 Å². The summed E-state index contributed by atoms with van der Waals surface area (Å²) in [5.74, 6) is 2.84. The van der Waals surface area contributed by atoms with Gasteiger partial charge in [0.2, 0.25) is 5.95 Å². The van der Waals surface area contributed by atoms with Crippen LogP contribution in [0.1, 0.15) is 68.6 Å². The fourth-order valence-corrected chi connectivity index (χ4v) is 6.85. The Labute approximate surface area is 242 Å². The number of hydrogen-bond acceptors (Lipinski definition) is 5. The predicted octanol–water partition coefficient (Wildman–Crippen LogP) is 6.56. The van der Waals surface area contributed by atoms with Gasteiger partial charge in [-0.25, -0.2) is 4.39 Å². The zero-order chi connectivity index (χ0) is 27.5. The summed E-state index contributed by atoms with van der Waals surface area (Å²) in [5, 5.41) is 7.32. The van der Waals surface area contributed by atoms with Crippen LogP contribution < -0.4 is 20.4 Å². The number of nitrogens with zero attached hydrogens (tertiary/aromatic N) is 4. The third-order valence-corrected chi connectivity index (χ3v) is 9.17. The second kappa shape index (κ2) is 11.7. The molecule has 0 amide bonds. The molecule has 1 aromatic heterocycles. The molecule has 1 saturated carbocycles. The Hall–Kier alpha value is -3.26. The van der Waals surface area contributed by atoms with E-state index in [1.807, 2.05) is 12.1 Å². The van der Waals surface area contributed by atoms with Gasteiger partial charge in [0.15, 0.2) is 5.11 Å². The highest BCUT2D eigenvalue weighted by Gasteiger charge is 2.34. The molecule has 2 aliphatic heterocycles. The minimum absolute atomic E-state index is 0.0587. The van der Waals surface area contributed by atoms with Crippen LogP contribution >= 0.6 is 12.2 Å². The Balaban J connectivity index is 1.21. The molecule has 2 aromatic carbocycles. The number of halogens is 1. The van der Waals surface area contributed by atoms with Gasteiger partial charge in [0.25, 0.3) is 0 Å². The Morgan fingerprint density at radius 1 is 0.950 bits per heavy atom. The molecule has 6 nitrogen and oxygen atoms in total. The second-order valence-electron chi connectivity index (χ2n) is 11.9. The minimum atomic E-state index is -0.197. The third kappa shape index (κ3) is 5.92. The van der Waals surface area contributed by atoms with Gasteiger partial charge in [0, 0.05) is 44.2 Å². The molecule has 40 heavy (non-hydrogen) atoms. The molecule has 1 aliphatic carbocycles. The number of piperidine rings is 1. The van der Waals surface area contributed by atoms with Gasteiger partial charge in [0.1, 0.15) is 17.5 Å². The highest BCUT2D eigenvalue weighted by Crippen LogP contribution is 2.39. The molecule has 2 fully saturated rings. The molecular weight excluding hydrogens is 519 g/mol. The Morgan fingerprint density at radius 2 is 1.62 bits per heavy atom. The highest BCUT2D eigenvalue weighted by atomic mass is 32.1. The molecule has 1 atom stereocenters. The lowest BCUT2D eigenvalue weighted by atomic mass is 9.69. The fraction of sp³-hybridized carbons (Fsp3) is 0.469. The van der Waals surface area contributed by atoms with Crippen molar-refractivity contribution in [3.05, 3.63) is 77.1 Å². The van der Waals surface area contributed by atoms with Crippen LogP contribution in [0.2, 0.25) is 0 Å². The van der Waals surface area contributed by atoms with Gasteiger partial charge in [-0.05, 0) is 72.6 Å². The van der Waals surface area contributed by atoms with Crippen molar-refractivity contribution in [2.24, 2.45) is 5.92 Å². The van der Waals surface area contributed by atoms with Crippen molar-refractivity contribution >= 4 is 34.9 Å². The van der Waals surface area contributed by atoms with Crippen molar-refractivity contribution in [2.75, 3.05) is 34.8 Å². The maximum absolute atomic E-state index is 13.7. The molecule has 3 aliphatic rings. The monoisotopic (exact) mass is 558 g/mol. The predicted molar refractivity (Wildman–Crippen MR) is 164 cm³/mol. The normalized spacial score (nSPS) is 20.2. The average Bonchev–Trinajstić information content (AvgIpc) is 3.42. The van der Waals surface area contributed by atoms with Gasteiger partial charge in [-0.3, -0.25) is 0 Å². The summed E-state index contributed by atoms with van der Waals surface area (Å²) >= 11 is 5.79. The standard InChI is InChI=1S/C32H39FN6S/c1-23-8-7-17-38(19-23)28-18-29(39-20-24-9-3-4-10-25(24)21-39)36-30(35-28)37-31(40)34-22-32(15-5-2-6-16-32)26-11-13-27(33)14-12-26/h3-4,9-14,18,23H,2,5-8,15-17,19-22H2,1H3,(H2,34,35,36,37,40). The van der Waals surface area contributed by atoms with E-state index in [-0.39, 0.29) is 11.2 Å². The smallest absolute Gasteiger partial charge is 0.232 e. The summed E-state index contributed by atoms with van der Waals surface area (Å²) in [4.78, 5) is 14.6. The first-order valence-electron chi connectivity index (χ1n) is 14.7. The van der Waals surface area contributed by atoms with Crippen LogP contribution in [0.5, 0.6) is 0 Å². The van der Waals surface area contributed by atoms with E-state index in [0.717, 1.165) is 50.7 Å². The van der Waals surface area contributed by atoms with Crippen molar-refractivity contribution in [3.63, 3.8) is 0 Å². The van der Waals surface area contributed by atoms with E-state index in [2.05, 4.69) is 57.7 Å². The van der Waals surface area contributed by atoms with Crippen molar-refractivity contribution in [1.29, 1.82) is 0 Å². The Kier molecular flexibility index (Phi) is 7.87. The SMILES string of the molecule is CC1CCCN(c2cc(N3Cc4ccccc4C3)nc(NC(=S)NCC3(c4ccc(F)cc4)CCCCC3)n2)C1. The van der Waals surface area contributed by atoms with E-state index in [1.54, 1.807) is 12.1 Å². The topological polar surface area (TPSA) is 56.3 Å². The molecular formula is C32H39FN6S. The molecule has 0 bridgehead atoms. The number of fused-ring (bicyclic) bond motifs is 1. The lowest BCUT2D eigenvalue weighted by Crippen LogP contribution is -2.43. The van der Waals surface area contributed by atoms with Crippen LogP contribution in [-0.2, 0) is 18.5 Å². The summed E-state index contributed by atoms with van der Waals surface area (Å²) in [6.07, 6.45) is 8.12. The molecule has 3 heterocycles. The Bertz CT molecular complexity index is 1310. The molecule has 2 N–H and O–H groups in total. The van der Waals surface area contributed by atoms with E-state index in [1.165, 1.54) is 48.8 Å². The molecule has 210 valence electrons. The lowest BCUT2D eigenvalue weighted by molar-refractivity contribution is 0.292. The molecule has 8 heteroatoms. The molecule has 1 saturated heterocycles. The van der Waals surface area contributed by atoms with Crippen LogP contribution in [-0.4, -0.2) is 34.7 Å². The second-order valence-corrected chi connectivity index (χ2v) is 12.3. The largest absolute Gasteiger partial charge is 0.361 e. The summed E-state index contributed by atoms with van der Waals surface area (Å²) in [6, 6.07) is 17.8. The van der Waals surface area contributed by atoms with Gasteiger partial charge >= 0.3 is 0 Å². The summed E-state index contributed by atoms with van der Waals surface area (Å²) < 4.78 is 13.7. The van der Waals surface area contributed by atoms with E-state index in [9.17, 15) is 4.39 Å². The minimum Gasteiger partial charge on any atom is -0.361 e. The maximum Gasteiger partial charge on any atom is 0.232 e. The molecule has 0 spiro atoms. The van der Waals surface area contributed by atoms with Crippen LogP contribution in [0, 0.1) is 11.7 Å². The number of nitrogens with one attached hydrogen (secondary N) is 2. The van der Waals surface area contributed by atoms with Gasteiger partial charge in [-0.1, -0.05) is 62.6 Å².